The van der Waals surface area contributed by atoms with Gasteiger partial charge in [0.15, 0.2) is 0 Å². The predicted octanol–water partition coefficient (Wildman–Crippen LogP) is 7.78. The van der Waals surface area contributed by atoms with Gasteiger partial charge in [-0.05, 0) is 81.3 Å². The van der Waals surface area contributed by atoms with Crippen molar-refractivity contribution in [1.82, 2.24) is 4.98 Å². The van der Waals surface area contributed by atoms with E-state index in [2.05, 4.69) is 39.0 Å². The SMILES string of the molecule is CCOc1ccc(-c2cc(=Nc3nc(-c4ccc(C)c(C)c4)c(C)s3)c3ccccc3o2)cc1. The molecule has 5 rings (SSSR count). The molecule has 5 aromatic rings. The largest absolute Gasteiger partial charge is 0.494 e. The number of aromatic nitrogens is 1. The quantitative estimate of drug-likeness (QED) is 0.266. The van der Waals surface area contributed by atoms with Crippen LogP contribution in [0.15, 0.2) is 82.2 Å². The van der Waals surface area contributed by atoms with Crippen LogP contribution in [0.2, 0.25) is 0 Å². The fourth-order valence-electron chi connectivity index (χ4n) is 3.92. The van der Waals surface area contributed by atoms with E-state index in [1.54, 1.807) is 11.3 Å². The van der Waals surface area contributed by atoms with Crippen molar-refractivity contribution >= 4 is 27.4 Å². The fourth-order valence-corrected chi connectivity index (χ4v) is 4.74. The first-order valence-corrected chi connectivity index (χ1v) is 12.2. The van der Waals surface area contributed by atoms with E-state index in [1.807, 2.05) is 61.5 Å². The molecule has 0 saturated carbocycles. The molecule has 0 aliphatic carbocycles. The monoisotopic (exact) mass is 466 g/mol. The summed E-state index contributed by atoms with van der Waals surface area (Å²) >= 11 is 1.61. The summed E-state index contributed by atoms with van der Waals surface area (Å²) in [6, 6.07) is 24.4. The van der Waals surface area contributed by atoms with Gasteiger partial charge >= 0.3 is 0 Å². The van der Waals surface area contributed by atoms with Crippen molar-refractivity contribution in [2.75, 3.05) is 6.61 Å². The van der Waals surface area contributed by atoms with E-state index in [9.17, 15) is 0 Å². The first-order chi connectivity index (χ1) is 16.5. The second kappa shape index (κ2) is 9.27. The van der Waals surface area contributed by atoms with Crippen LogP contribution < -0.4 is 10.1 Å². The van der Waals surface area contributed by atoms with Gasteiger partial charge in [-0.1, -0.05) is 35.6 Å². The van der Waals surface area contributed by atoms with E-state index in [4.69, 9.17) is 19.1 Å². The molecule has 0 saturated heterocycles. The van der Waals surface area contributed by atoms with Crippen LogP contribution in [0.1, 0.15) is 22.9 Å². The van der Waals surface area contributed by atoms with Crippen LogP contribution in [0, 0.1) is 20.8 Å². The van der Waals surface area contributed by atoms with Crippen LogP contribution in [-0.4, -0.2) is 11.6 Å². The van der Waals surface area contributed by atoms with E-state index in [-0.39, 0.29) is 0 Å². The number of ether oxygens (including phenoxy) is 1. The molecule has 0 fully saturated rings. The van der Waals surface area contributed by atoms with Crippen molar-refractivity contribution in [2.45, 2.75) is 27.7 Å². The van der Waals surface area contributed by atoms with Crippen LogP contribution in [0.3, 0.4) is 0 Å². The van der Waals surface area contributed by atoms with Gasteiger partial charge in [0.05, 0.1) is 17.7 Å². The van der Waals surface area contributed by atoms with Gasteiger partial charge in [0.25, 0.3) is 0 Å². The third kappa shape index (κ3) is 4.39. The van der Waals surface area contributed by atoms with Crippen molar-refractivity contribution in [1.29, 1.82) is 0 Å². The lowest BCUT2D eigenvalue weighted by Gasteiger charge is -2.06. The lowest BCUT2D eigenvalue weighted by Crippen LogP contribution is -2.03. The number of hydrogen-bond donors (Lipinski definition) is 0. The first-order valence-electron chi connectivity index (χ1n) is 11.4. The number of rotatable bonds is 5. The Morgan fingerprint density at radius 2 is 1.65 bits per heavy atom. The molecule has 2 aromatic heterocycles. The maximum atomic E-state index is 6.23. The Bertz CT molecular complexity index is 1550. The lowest BCUT2D eigenvalue weighted by molar-refractivity contribution is 0.340. The minimum absolute atomic E-state index is 0.639. The zero-order chi connectivity index (χ0) is 23.7. The van der Waals surface area contributed by atoms with Crippen LogP contribution in [0.25, 0.3) is 33.6 Å². The second-order valence-electron chi connectivity index (χ2n) is 8.26. The molecule has 170 valence electrons. The van der Waals surface area contributed by atoms with Crippen LogP contribution in [-0.2, 0) is 0 Å². The lowest BCUT2D eigenvalue weighted by atomic mass is 10.0. The molecule has 34 heavy (non-hydrogen) atoms. The highest BCUT2D eigenvalue weighted by molar-refractivity contribution is 7.15. The van der Waals surface area contributed by atoms with Gasteiger partial charge in [-0.2, -0.15) is 0 Å². The minimum atomic E-state index is 0.639. The smallest absolute Gasteiger partial charge is 0.210 e. The molecule has 3 aromatic carbocycles. The third-order valence-corrected chi connectivity index (χ3v) is 6.75. The molecular formula is C29H26N2O2S. The molecule has 0 aliphatic rings. The van der Waals surface area contributed by atoms with Crippen molar-refractivity contribution < 1.29 is 9.15 Å². The minimum Gasteiger partial charge on any atom is -0.494 e. The van der Waals surface area contributed by atoms with Crippen molar-refractivity contribution in [3.63, 3.8) is 0 Å². The van der Waals surface area contributed by atoms with Crippen molar-refractivity contribution in [3.05, 3.63) is 94.2 Å². The maximum Gasteiger partial charge on any atom is 0.210 e. The molecule has 0 unspecified atom stereocenters. The first kappa shape index (κ1) is 22.1. The summed E-state index contributed by atoms with van der Waals surface area (Å²) in [5, 5.41) is 2.53. The van der Waals surface area contributed by atoms with Crippen LogP contribution in [0.4, 0.5) is 5.13 Å². The van der Waals surface area contributed by atoms with E-state index in [0.29, 0.717) is 6.61 Å². The summed E-state index contributed by atoms with van der Waals surface area (Å²) in [7, 11) is 0. The number of fused-ring (bicyclic) bond motifs is 1. The Morgan fingerprint density at radius 1 is 0.882 bits per heavy atom. The Balaban J connectivity index is 1.62. The molecule has 0 N–H and O–H groups in total. The third-order valence-electron chi connectivity index (χ3n) is 5.88. The van der Waals surface area contributed by atoms with E-state index in [0.717, 1.165) is 54.7 Å². The van der Waals surface area contributed by atoms with Gasteiger partial charge in [-0.15, -0.1) is 0 Å². The highest BCUT2D eigenvalue weighted by Gasteiger charge is 2.12. The average molecular weight is 467 g/mol. The molecule has 0 radical (unpaired) electrons. The molecule has 0 bridgehead atoms. The Labute approximate surface area is 203 Å². The van der Waals surface area contributed by atoms with Gasteiger partial charge < -0.3 is 9.15 Å². The summed E-state index contributed by atoms with van der Waals surface area (Å²) in [6.07, 6.45) is 0. The van der Waals surface area contributed by atoms with Crippen molar-refractivity contribution in [2.24, 2.45) is 4.99 Å². The molecule has 2 heterocycles. The number of aryl methyl sites for hydroxylation is 3. The predicted molar refractivity (Wildman–Crippen MR) is 140 cm³/mol. The van der Waals surface area contributed by atoms with E-state index in [1.165, 1.54) is 11.1 Å². The zero-order valence-corrected chi connectivity index (χ0v) is 20.6. The van der Waals surface area contributed by atoms with E-state index >= 15 is 0 Å². The van der Waals surface area contributed by atoms with Gasteiger partial charge in [0.2, 0.25) is 5.13 Å². The Kier molecular flexibility index (Phi) is 6.03. The number of benzene rings is 3. The zero-order valence-electron chi connectivity index (χ0n) is 19.8. The highest BCUT2D eigenvalue weighted by atomic mass is 32.1. The molecule has 0 spiro atoms. The number of hydrogen-bond acceptors (Lipinski definition) is 5. The fraction of sp³-hybridized carbons (Fsp3) is 0.172. The molecule has 5 heteroatoms. The average Bonchev–Trinajstić information content (AvgIpc) is 3.21. The van der Waals surface area contributed by atoms with Crippen LogP contribution in [0.5, 0.6) is 5.75 Å². The molecule has 0 aliphatic heterocycles. The van der Waals surface area contributed by atoms with Gasteiger partial charge in [-0.3, -0.25) is 0 Å². The second-order valence-corrected chi connectivity index (χ2v) is 9.44. The normalized spacial score (nSPS) is 11.8. The standard InChI is InChI=1S/C29H26N2O2S/c1-5-32-23-14-12-21(13-15-23)27-17-25(24-8-6-7-9-26(24)33-27)30-29-31-28(20(4)34-29)22-11-10-18(2)19(3)16-22/h6-17H,5H2,1-4H3. The molecular weight excluding hydrogens is 440 g/mol. The summed E-state index contributed by atoms with van der Waals surface area (Å²) in [5.41, 5.74) is 6.42. The Morgan fingerprint density at radius 3 is 2.41 bits per heavy atom. The van der Waals surface area contributed by atoms with Gasteiger partial charge in [0, 0.05) is 27.5 Å². The van der Waals surface area contributed by atoms with Gasteiger partial charge in [0.1, 0.15) is 17.1 Å². The maximum absolute atomic E-state index is 6.23. The number of thiazole rings is 1. The number of nitrogens with zero attached hydrogens (tertiary/aromatic N) is 2. The topological polar surface area (TPSA) is 47.6 Å². The summed E-state index contributed by atoms with van der Waals surface area (Å²) in [5.74, 6) is 1.59. The van der Waals surface area contributed by atoms with Gasteiger partial charge in [-0.25, -0.2) is 9.98 Å². The summed E-state index contributed by atoms with van der Waals surface area (Å²) < 4.78 is 11.8. The van der Waals surface area contributed by atoms with Crippen LogP contribution >= 0.6 is 11.3 Å². The molecule has 0 amide bonds. The Hall–Kier alpha value is -3.70. The van der Waals surface area contributed by atoms with E-state index < -0.39 is 0 Å². The summed E-state index contributed by atoms with van der Waals surface area (Å²) in [6.45, 7) is 8.98. The number of para-hydroxylation sites is 1. The molecule has 4 nitrogen and oxygen atoms in total. The highest BCUT2D eigenvalue weighted by Crippen LogP contribution is 2.33. The summed E-state index contributed by atoms with van der Waals surface area (Å²) in [4.78, 5) is 11.0. The van der Waals surface area contributed by atoms with Crippen molar-refractivity contribution in [3.8, 4) is 28.3 Å². The molecule has 0 atom stereocenters.